The minimum Gasteiger partial charge on any atom is -0.296 e. The van der Waals surface area contributed by atoms with Crippen LogP contribution in [0.3, 0.4) is 0 Å². The van der Waals surface area contributed by atoms with Crippen molar-refractivity contribution in [3.05, 3.63) is 35.9 Å². The highest BCUT2D eigenvalue weighted by Gasteiger charge is 2.41. The van der Waals surface area contributed by atoms with E-state index in [4.69, 9.17) is 0 Å². The molecule has 0 radical (unpaired) electrons. The molecule has 0 aliphatic carbocycles. The van der Waals surface area contributed by atoms with Crippen molar-refractivity contribution in [1.82, 2.24) is 5.32 Å². The molecular weight excluding hydrogens is 202 g/mol. The van der Waals surface area contributed by atoms with Gasteiger partial charge in [0.25, 0.3) is 0 Å². The second-order valence-electron chi connectivity index (χ2n) is 4.37. The van der Waals surface area contributed by atoms with Crippen molar-refractivity contribution in [2.75, 3.05) is 0 Å². The summed E-state index contributed by atoms with van der Waals surface area (Å²) < 4.78 is 0. The van der Waals surface area contributed by atoms with Crippen molar-refractivity contribution in [2.24, 2.45) is 11.8 Å². The predicted octanol–water partition coefficient (Wildman–Crippen LogP) is 1.70. The Kier molecular flexibility index (Phi) is 2.77. The van der Waals surface area contributed by atoms with Crippen molar-refractivity contribution in [3.8, 4) is 0 Å². The molecule has 16 heavy (non-hydrogen) atoms. The molecule has 3 atom stereocenters. The molecule has 1 heterocycles. The lowest BCUT2D eigenvalue weighted by molar-refractivity contribution is -0.126. The summed E-state index contributed by atoms with van der Waals surface area (Å²) >= 11 is 0. The molecule has 3 nitrogen and oxygen atoms in total. The smallest absolute Gasteiger partial charge is 0.231 e. The van der Waals surface area contributed by atoms with Crippen LogP contribution in [0, 0.1) is 11.8 Å². The maximum absolute atomic E-state index is 11.7. The van der Waals surface area contributed by atoms with Gasteiger partial charge < -0.3 is 0 Å². The molecule has 0 bridgehead atoms. The van der Waals surface area contributed by atoms with Gasteiger partial charge in [-0.05, 0) is 11.5 Å². The number of carbonyl (C=O) groups is 2. The quantitative estimate of drug-likeness (QED) is 0.766. The van der Waals surface area contributed by atoms with E-state index in [1.807, 2.05) is 44.2 Å². The number of rotatable bonds is 2. The van der Waals surface area contributed by atoms with Crippen LogP contribution in [-0.2, 0) is 9.59 Å². The van der Waals surface area contributed by atoms with Crippen molar-refractivity contribution >= 4 is 11.8 Å². The number of carbonyl (C=O) groups excluding carboxylic acids is 2. The van der Waals surface area contributed by atoms with Crippen LogP contribution in [-0.4, -0.2) is 11.8 Å². The third kappa shape index (κ3) is 1.73. The number of amides is 2. The lowest BCUT2D eigenvalue weighted by Gasteiger charge is -2.19. The normalized spacial score (nSPS) is 26.6. The van der Waals surface area contributed by atoms with Crippen LogP contribution in [0.1, 0.15) is 25.3 Å². The van der Waals surface area contributed by atoms with E-state index in [1.54, 1.807) is 0 Å². The zero-order valence-corrected chi connectivity index (χ0v) is 9.44. The molecule has 2 rings (SSSR count). The fourth-order valence-corrected chi connectivity index (χ4v) is 2.33. The molecule has 2 amide bonds. The van der Waals surface area contributed by atoms with Gasteiger partial charge in [0, 0.05) is 5.92 Å². The van der Waals surface area contributed by atoms with E-state index in [-0.39, 0.29) is 29.6 Å². The van der Waals surface area contributed by atoms with Gasteiger partial charge in [-0.1, -0.05) is 44.2 Å². The summed E-state index contributed by atoms with van der Waals surface area (Å²) in [6.45, 7) is 3.80. The molecule has 0 saturated carbocycles. The molecule has 3 unspecified atom stereocenters. The zero-order valence-electron chi connectivity index (χ0n) is 9.44. The van der Waals surface area contributed by atoms with Gasteiger partial charge in [0.05, 0.1) is 5.92 Å². The minimum atomic E-state index is -0.241. The molecule has 3 heteroatoms. The molecule has 1 N–H and O–H groups in total. The van der Waals surface area contributed by atoms with E-state index < -0.39 is 0 Å². The van der Waals surface area contributed by atoms with Crippen LogP contribution in [0.4, 0.5) is 0 Å². The van der Waals surface area contributed by atoms with Gasteiger partial charge in [0.15, 0.2) is 0 Å². The predicted molar refractivity (Wildman–Crippen MR) is 60.7 cm³/mol. The molecule has 1 saturated heterocycles. The summed E-state index contributed by atoms with van der Waals surface area (Å²) in [5, 5.41) is 2.39. The van der Waals surface area contributed by atoms with Gasteiger partial charge in [-0.2, -0.15) is 0 Å². The number of hydrogen-bond acceptors (Lipinski definition) is 2. The Morgan fingerprint density at radius 3 is 2.25 bits per heavy atom. The average Bonchev–Trinajstić information content (AvgIpc) is 2.54. The largest absolute Gasteiger partial charge is 0.296 e. The van der Waals surface area contributed by atoms with Crippen LogP contribution >= 0.6 is 0 Å². The SMILES string of the molecule is CC1C(=O)NC(=O)C1C(C)c1ccccc1. The highest BCUT2D eigenvalue weighted by molar-refractivity contribution is 6.05. The van der Waals surface area contributed by atoms with Crippen molar-refractivity contribution < 1.29 is 9.59 Å². The minimum absolute atomic E-state index is 0.0719. The monoisotopic (exact) mass is 217 g/mol. The summed E-state index contributed by atoms with van der Waals surface area (Å²) in [7, 11) is 0. The first kappa shape index (κ1) is 10.9. The molecular formula is C13H15NO2. The van der Waals surface area contributed by atoms with Gasteiger partial charge >= 0.3 is 0 Å². The first-order valence-electron chi connectivity index (χ1n) is 5.51. The fourth-order valence-electron chi connectivity index (χ4n) is 2.33. The first-order chi connectivity index (χ1) is 7.61. The van der Waals surface area contributed by atoms with Crippen molar-refractivity contribution in [2.45, 2.75) is 19.8 Å². The third-order valence-electron chi connectivity index (χ3n) is 3.37. The number of nitrogens with one attached hydrogen (secondary N) is 1. The van der Waals surface area contributed by atoms with E-state index in [0.717, 1.165) is 5.56 Å². The second-order valence-corrected chi connectivity index (χ2v) is 4.37. The molecule has 1 fully saturated rings. The van der Waals surface area contributed by atoms with Gasteiger partial charge in [-0.15, -0.1) is 0 Å². The van der Waals surface area contributed by atoms with Crippen LogP contribution < -0.4 is 5.32 Å². The van der Waals surface area contributed by atoms with E-state index in [1.165, 1.54) is 0 Å². The maximum atomic E-state index is 11.7. The van der Waals surface area contributed by atoms with Crippen LogP contribution in [0.15, 0.2) is 30.3 Å². The van der Waals surface area contributed by atoms with Crippen LogP contribution in [0.5, 0.6) is 0 Å². The number of imide groups is 1. The van der Waals surface area contributed by atoms with Crippen LogP contribution in [0.2, 0.25) is 0 Å². The Morgan fingerprint density at radius 2 is 1.75 bits per heavy atom. The molecule has 1 aliphatic heterocycles. The Labute approximate surface area is 94.9 Å². The lowest BCUT2D eigenvalue weighted by atomic mass is 9.81. The molecule has 84 valence electrons. The topological polar surface area (TPSA) is 46.2 Å². The highest BCUT2D eigenvalue weighted by atomic mass is 16.2. The molecule has 1 aliphatic rings. The summed E-state index contributed by atoms with van der Waals surface area (Å²) in [5.41, 5.74) is 1.10. The summed E-state index contributed by atoms with van der Waals surface area (Å²) in [5.74, 6) is -0.702. The second kappa shape index (κ2) is 4.08. The van der Waals surface area contributed by atoms with Crippen molar-refractivity contribution in [1.29, 1.82) is 0 Å². The molecule has 0 aromatic heterocycles. The molecule has 1 aromatic carbocycles. The summed E-state index contributed by atoms with van der Waals surface area (Å²) in [6.07, 6.45) is 0. The van der Waals surface area contributed by atoms with Gasteiger partial charge in [0.1, 0.15) is 0 Å². The van der Waals surface area contributed by atoms with Crippen molar-refractivity contribution in [3.63, 3.8) is 0 Å². The average molecular weight is 217 g/mol. The van der Waals surface area contributed by atoms with Crippen LogP contribution in [0.25, 0.3) is 0 Å². The maximum Gasteiger partial charge on any atom is 0.231 e. The van der Waals surface area contributed by atoms with E-state index in [9.17, 15) is 9.59 Å². The highest BCUT2D eigenvalue weighted by Crippen LogP contribution is 2.33. The number of benzene rings is 1. The van der Waals surface area contributed by atoms with E-state index >= 15 is 0 Å². The Morgan fingerprint density at radius 1 is 1.12 bits per heavy atom. The Balaban J connectivity index is 2.26. The summed E-state index contributed by atoms with van der Waals surface area (Å²) in [6, 6.07) is 9.83. The lowest BCUT2D eigenvalue weighted by Crippen LogP contribution is -2.24. The Hall–Kier alpha value is -1.64. The molecule has 0 spiro atoms. The Bertz CT molecular complexity index is 413. The van der Waals surface area contributed by atoms with Gasteiger partial charge in [-0.25, -0.2) is 0 Å². The fraction of sp³-hybridized carbons (Fsp3) is 0.385. The summed E-state index contributed by atoms with van der Waals surface area (Å²) in [4.78, 5) is 23.1. The molecule has 1 aromatic rings. The first-order valence-corrected chi connectivity index (χ1v) is 5.51. The van der Waals surface area contributed by atoms with E-state index in [0.29, 0.717) is 0 Å². The standard InChI is InChI=1S/C13H15NO2/c1-8(10-6-4-3-5-7-10)11-9(2)12(15)14-13(11)16/h3-9,11H,1-2H3,(H,14,15,16). The van der Waals surface area contributed by atoms with Gasteiger partial charge in [-0.3, -0.25) is 14.9 Å². The third-order valence-corrected chi connectivity index (χ3v) is 3.37. The number of hydrogen-bond donors (Lipinski definition) is 1. The zero-order chi connectivity index (χ0) is 11.7. The van der Waals surface area contributed by atoms with E-state index in [2.05, 4.69) is 5.32 Å². The van der Waals surface area contributed by atoms with Gasteiger partial charge in [0.2, 0.25) is 11.8 Å².